The molecule has 1 amide bonds. The highest BCUT2D eigenvalue weighted by Crippen LogP contribution is 2.28. The number of benzene rings is 1. The lowest BCUT2D eigenvalue weighted by molar-refractivity contribution is -0.115. The molecule has 0 bridgehead atoms. The number of hydrogen-bond donors (Lipinski definition) is 1. The molecule has 0 saturated carbocycles. The van der Waals surface area contributed by atoms with Crippen molar-refractivity contribution in [2.24, 2.45) is 0 Å². The van der Waals surface area contributed by atoms with Crippen molar-refractivity contribution in [3.63, 3.8) is 0 Å². The molecule has 6 nitrogen and oxygen atoms in total. The van der Waals surface area contributed by atoms with Gasteiger partial charge in [-0.25, -0.2) is 0 Å². The fourth-order valence-electron chi connectivity index (χ4n) is 1.87. The first-order chi connectivity index (χ1) is 11.7. The van der Waals surface area contributed by atoms with Crippen LogP contribution in [0.3, 0.4) is 0 Å². The summed E-state index contributed by atoms with van der Waals surface area (Å²) in [6.07, 6.45) is 0. The summed E-state index contributed by atoms with van der Waals surface area (Å²) in [5.74, 6) is 0.189. The van der Waals surface area contributed by atoms with E-state index in [4.69, 9.17) is 9.68 Å². The fraction of sp³-hybridized carbons (Fsp3) is 0.125. The Morgan fingerprint density at radius 1 is 1.33 bits per heavy atom. The monoisotopic (exact) mass is 356 g/mol. The topological polar surface area (TPSA) is 91.8 Å². The van der Waals surface area contributed by atoms with Crippen molar-refractivity contribution in [3.05, 3.63) is 47.3 Å². The standard InChI is InChI=1S/C16H12N4O2S2/c1-10(13(21)18-15-12(9-17)7-8-23-15)24-16-20-19-14(22-16)11-5-3-2-4-6-11/h2-8,10H,1H3,(H,18,21)/t10-/m0/s1. The molecule has 2 heterocycles. The Kier molecular flexibility index (Phi) is 4.93. The lowest BCUT2D eigenvalue weighted by Crippen LogP contribution is -2.22. The molecule has 0 aliphatic rings. The summed E-state index contributed by atoms with van der Waals surface area (Å²) >= 11 is 2.48. The molecule has 0 aliphatic carbocycles. The predicted molar refractivity (Wildman–Crippen MR) is 92.7 cm³/mol. The van der Waals surface area contributed by atoms with Gasteiger partial charge in [0, 0.05) is 5.56 Å². The summed E-state index contributed by atoms with van der Waals surface area (Å²) < 4.78 is 5.58. The number of thiophene rings is 1. The van der Waals surface area contributed by atoms with Crippen LogP contribution in [-0.4, -0.2) is 21.4 Å². The van der Waals surface area contributed by atoms with Crippen LogP contribution >= 0.6 is 23.1 Å². The maximum absolute atomic E-state index is 12.2. The maximum atomic E-state index is 12.2. The zero-order valence-electron chi connectivity index (χ0n) is 12.6. The van der Waals surface area contributed by atoms with Gasteiger partial charge in [0.1, 0.15) is 11.1 Å². The molecule has 1 N–H and O–H groups in total. The van der Waals surface area contributed by atoms with Gasteiger partial charge in [-0.3, -0.25) is 4.79 Å². The minimum Gasteiger partial charge on any atom is -0.411 e. The minimum atomic E-state index is -0.442. The predicted octanol–water partition coefficient (Wildman–Crippen LogP) is 3.79. The van der Waals surface area contributed by atoms with E-state index in [1.165, 1.54) is 23.1 Å². The van der Waals surface area contributed by atoms with E-state index in [9.17, 15) is 4.79 Å². The number of carbonyl (C=O) groups is 1. The Morgan fingerprint density at radius 2 is 2.12 bits per heavy atom. The average molecular weight is 356 g/mol. The van der Waals surface area contributed by atoms with Gasteiger partial charge in [-0.05, 0) is 30.5 Å². The number of hydrogen-bond acceptors (Lipinski definition) is 7. The van der Waals surface area contributed by atoms with Crippen LogP contribution < -0.4 is 5.32 Å². The highest BCUT2D eigenvalue weighted by molar-refractivity contribution is 8.00. The molecule has 8 heteroatoms. The molecule has 0 saturated heterocycles. The van der Waals surface area contributed by atoms with Crippen LogP contribution in [0.4, 0.5) is 5.00 Å². The first kappa shape index (κ1) is 16.2. The highest BCUT2D eigenvalue weighted by Gasteiger charge is 2.20. The third-order valence-corrected chi connectivity index (χ3v) is 4.86. The van der Waals surface area contributed by atoms with Crippen molar-refractivity contribution >= 4 is 34.0 Å². The smallest absolute Gasteiger partial charge is 0.277 e. The number of anilines is 1. The number of nitrogens with zero attached hydrogens (tertiary/aromatic N) is 3. The second-order valence-corrected chi connectivity index (χ2v) is 6.97. The largest absolute Gasteiger partial charge is 0.411 e. The van der Waals surface area contributed by atoms with Crippen LogP contribution in [0.1, 0.15) is 12.5 Å². The van der Waals surface area contributed by atoms with Crippen molar-refractivity contribution in [1.82, 2.24) is 10.2 Å². The summed E-state index contributed by atoms with van der Waals surface area (Å²) in [7, 11) is 0. The van der Waals surface area contributed by atoms with Gasteiger partial charge in [0.15, 0.2) is 0 Å². The van der Waals surface area contributed by atoms with Crippen LogP contribution in [0.15, 0.2) is 51.4 Å². The molecule has 0 radical (unpaired) electrons. The molecule has 1 atom stereocenters. The minimum absolute atomic E-state index is 0.224. The van der Waals surface area contributed by atoms with E-state index in [0.717, 1.165) is 5.56 Å². The van der Waals surface area contributed by atoms with Crippen LogP contribution in [0.2, 0.25) is 0 Å². The molecular weight excluding hydrogens is 344 g/mol. The number of thioether (sulfide) groups is 1. The summed E-state index contributed by atoms with van der Waals surface area (Å²) in [6.45, 7) is 1.74. The van der Waals surface area contributed by atoms with Crippen molar-refractivity contribution < 1.29 is 9.21 Å². The Hall–Kier alpha value is -2.63. The van der Waals surface area contributed by atoms with Gasteiger partial charge < -0.3 is 9.73 Å². The number of carbonyl (C=O) groups excluding carboxylic acids is 1. The van der Waals surface area contributed by atoms with Gasteiger partial charge in [-0.1, -0.05) is 30.0 Å². The SMILES string of the molecule is C[C@H](Sc1nnc(-c2ccccc2)o1)C(=O)Nc1sccc1C#N. The van der Waals surface area contributed by atoms with E-state index in [1.54, 1.807) is 18.4 Å². The van der Waals surface area contributed by atoms with Gasteiger partial charge in [0.05, 0.1) is 10.8 Å². The maximum Gasteiger partial charge on any atom is 0.277 e. The van der Waals surface area contributed by atoms with Crippen LogP contribution in [-0.2, 0) is 4.79 Å². The molecule has 1 aromatic carbocycles. The molecule has 2 aromatic heterocycles. The molecule has 3 aromatic rings. The Bertz CT molecular complexity index is 883. The number of amides is 1. The van der Waals surface area contributed by atoms with Gasteiger partial charge in [0.2, 0.25) is 11.8 Å². The van der Waals surface area contributed by atoms with Crippen molar-refractivity contribution in [1.29, 1.82) is 5.26 Å². The zero-order valence-corrected chi connectivity index (χ0v) is 14.2. The summed E-state index contributed by atoms with van der Waals surface area (Å²) in [6, 6.07) is 13.1. The Morgan fingerprint density at radius 3 is 2.88 bits per heavy atom. The van der Waals surface area contributed by atoms with E-state index in [1.807, 2.05) is 36.4 Å². The molecule has 0 spiro atoms. The highest BCUT2D eigenvalue weighted by atomic mass is 32.2. The summed E-state index contributed by atoms with van der Waals surface area (Å²) in [5, 5.41) is 21.9. The van der Waals surface area contributed by atoms with E-state index in [2.05, 4.69) is 15.5 Å². The molecule has 0 fully saturated rings. The van der Waals surface area contributed by atoms with Crippen LogP contribution in [0.5, 0.6) is 0 Å². The average Bonchev–Trinajstić information content (AvgIpc) is 3.24. The molecule has 3 rings (SSSR count). The second-order valence-electron chi connectivity index (χ2n) is 4.76. The third-order valence-electron chi connectivity index (χ3n) is 3.10. The van der Waals surface area contributed by atoms with Gasteiger partial charge in [-0.15, -0.1) is 21.5 Å². The molecule has 120 valence electrons. The second kappa shape index (κ2) is 7.29. The van der Waals surface area contributed by atoms with Gasteiger partial charge in [-0.2, -0.15) is 5.26 Å². The van der Waals surface area contributed by atoms with Crippen molar-refractivity contribution in [3.8, 4) is 17.5 Å². The summed E-state index contributed by atoms with van der Waals surface area (Å²) in [5.41, 5.74) is 1.28. The summed E-state index contributed by atoms with van der Waals surface area (Å²) in [4.78, 5) is 12.2. The third kappa shape index (κ3) is 3.64. The molecule has 0 aliphatic heterocycles. The molecular formula is C16H12N4O2S2. The van der Waals surface area contributed by atoms with Crippen molar-refractivity contribution in [2.45, 2.75) is 17.4 Å². The fourth-order valence-corrected chi connectivity index (χ4v) is 3.29. The lowest BCUT2D eigenvalue weighted by Gasteiger charge is -2.08. The van der Waals surface area contributed by atoms with Gasteiger partial charge in [0.25, 0.3) is 5.22 Å². The Balaban J connectivity index is 1.65. The van der Waals surface area contributed by atoms with Crippen molar-refractivity contribution in [2.75, 3.05) is 5.32 Å². The lowest BCUT2D eigenvalue weighted by atomic mass is 10.2. The normalized spacial score (nSPS) is 11.7. The zero-order chi connectivity index (χ0) is 16.9. The van der Waals surface area contributed by atoms with Gasteiger partial charge >= 0.3 is 0 Å². The molecule has 24 heavy (non-hydrogen) atoms. The number of nitriles is 1. The van der Waals surface area contributed by atoms with E-state index in [-0.39, 0.29) is 5.91 Å². The van der Waals surface area contributed by atoms with E-state index < -0.39 is 5.25 Å². The van der Waals surface area contributed by atoms with E-state index >= 15 is 0 Å². The van der Waals surface area contributed by atoms with Crippen LogP contribution in [0.25, 0.3) is 11.5 Å². The Labute approximate surface area is 146 Å². The van der Waals surface area contributed by atoms with E-state index in [0.29, 0.717) is 21.7 Å². The number of aromatic nitrogens is 2. The molecule has 0 unspecified atom stereocenters. The number of nitrogens with one attached hydrogen (secondary N) is 1. The first-order valence-corrected chi connectivity index (χ1v) is 8.77. The first-order valence-electron chi connectivity index (χ1n) is 7.01. The quantitative estimate of drug-likeness (QED) is 0.699. The number of rotatable bonds is 5. The van der Waals surface area contributed by atoms with Crippen LogP contribution in [0, 0.1) is 11.3 Å².